The summed E-state index contributed by atoms with van der Waals surface area (Å²) in [5, 5.41) is 12.5. The van der Waals surface area contributed by atoms with Crippen molar-refractivity contribution in [3.05, 3.63) is 40.9 Å². The maximum atomic E-state index is 12.1. The Balaban J connectivity index is 1.88. The van der Waals surface area contributed by atoms with E-state index in [2.05, 4.69) is 36.3 Å². The van der Waals surface area contributed by atoms with Gasteiger partial charge >= 0.3 is 0 Å². The molecule has 0 aliphatic heterocycles. The molecule has 0 aliphatic rings. The molecule has 21 heavy (non-hydrogen) atoms. The highest BCUT2D eigenvalue weighted by Gasteiger charge is 2.13. The lowest BCUT2D eigenvalue weighted by atomic mass is 9.98. The molecule has 1 heterocycles. The molecule has 1 N–H and O–H groups in total. The van der Waals surface area contributed by atoms with Crippen LogP contribution in [0.5, 0.6) is 0 Å². The van der Waals surface area contributed by atoms with Crippen molar-refractivity contribution in [1.82, 2.24) is 10.2 Å². The van der Waals surface area contributed by atoms with Crippen molar-refractivity contribution in [2.45, 2.75) is 39.5 Å². The zero-order chi connectivity index (χ0) is 15.2. The van der Waals surface area contributed by atoms with Gasteiger partial charge in [-0.1, -0.05) is 62.4 Å². The van der Waals surface area contributed by atoms with E-state index in [4.69, 9.17) is 0 Å². The molecule has 1 amide bonds. The zero-order valence-electron chi connectivity index (χ0n) is 12.7. The highest BCUT2D eigenvalue weighted by atomic mass is 32.1. The molecule has 2 aromatic rings. The lowest BCUT2D eigenvalue weighted by Gasteiger charge is -2.10. The Morgan fingerprint density at radius 3 is 2.57 bits per heavy atom. The van der Waals surface area contributed by atoms with Gasteiger partial charge in [0.05, 0.1) is 0 Å². The van der Waals surface area contributed by atoms with E-state index in [1.165, 1.54) is 16.9 Å². The molecule has 0 saturated heterocycles. The van der Waals surface area contributed by atoms with Crippen molar-refractivity contribution in [2.75, 3.05) is 5.32 Å². The van der Waals surface area contributed by atoms with Gasteiger partial charge < -0.3 is 5.32 Å². The van der Waals surface area contributed by atoms with Crippen LogP contribution in [0.4, 0.5) is 5.13 Å². The molecule has 0 aliphatic carbocycles. The molecule has 1 atom stereocenters. The van der Waals surface area contributed by atoms with Crippen LogP contribution in [0.25, 0.3) is 0 Å². The van der Waals surface area contributed by atoms with Crippen LogP contribution in [0.3, 0.4) is 0 Å². The number of aromatic nitrogens is 2. The summed E-state index contributed by atoms with van der Waals surface area (Å²) >= 11 is 1.46. The fourth-order valence-electron chi connectivity index (χ4n) is 2.08. The van der Waals surface area contributed by atoms with Gasteiger partial charge in [0.2, 0.25) is 11.0 Å². The Labute approximate surface area is 129 Å². The minimum atomic E-state index is -0.0152. The molecule has 4 nitrogen and oxygen atoms in total. The largest absolute Gasteiger partial charge is 0.301 e. The van der Waals surface area contributed by atoms with E-state index in [-0.39, 0.29) is 11.8 Å². The number of carbonyl (C=O) groups excluding carboxylic acids is 1. The van der Waals surface area contributed by atoms with Gasteiger partial charge in [0.1, 0.15) is 5.01 Å². The molecular formula is C16H21N3OS. The Morgan fingerprint density at radius 2 is 1.90 bits per heavy atom. The first-order valence-electron chi connectivity index (χ1n) is 7.21. The van der Waals surface area contributed by atoms with Gasteiger partial charge in [0.25, 0.3) is 0 Å². The predicted octanol–water partition coefficient (Wildman–Crippen LogP) is 3.87. The zero-order valence-corrected chi connectivity index (χ0v) is 13.5. The molecule has 0 bridgehead atoms. The number of anilines is 1. The van der Waals surface area contributed by atoms with E-state index in [1.807, 2.05) is 30.3 Å². The number of hydrogen-bond donors (Lipinski definition) is 1. The molecule has 1 aromatic heterocycles. The van der Waals surface area contributed by atoms with Gasteiger partial charge in [-0.15, -0.1) is 10.2 Å². The van der Waals surface area contributed by atoms with Crippen molar-refractivity contribution in [2.24, 2.45) is 5.92 Å². The Bertz CT molecular complexity index is 580. The number of nitrogens with one attached hydrogen (secondary N) is 1. The number of amides is 1. The first-order chi connectivity index (χ1) is 10.0. The summed E-state index contributed by atoms with van der Waals surface area (Å²) in [5.41, 5.74) is 1.17. The summed E-state index contributed by atoms with van der Waals surface area (Å²) in [6.45, 7) is 6.33. The normalized spacial score (nSPS) is 12.4. The number of nitrogens with zero attached hydrogens (tertiary/aromatic N) is 2. The summed E-state index contributed by atoms with van der Waals surface area (Å²) in [5.74, 6) is 0.715. The predicted molar refractivity (Wildman–Crippen MR) is 86.6 cm³/mol. The minimum Gasteiger partial charge on any atom is -0.301 e. The fraction of sp³-hybridized carbons (Fsp3) is 0.438. The van der Waals surface area contributed by atoms with Crippen molar-refractivity contribution < 1.29 is 4.79 Å². The third-order valence-corrected chi connectivity index (χ3v) is 4.02. The van der Waals surface area contributed by atoms with Gasteiger partial charge in [-0.3, -0.25) is 4.79 Å². The van der Waals surface area contributed by atoms with Crippen LogP contribution >= 0.6 is 11.3 Å². The summed E-state index contributed by atoms with van der Waals surface area (Å²) in [4.78, 5) is 12.1. The van der Waals surface area contributed by atoms with Gasteiger partial charge in [-0.05, 0) is 17.4 Å². The Kier molecular flexibility index (Phi) is 5.44. The van der Waals surface area contributed by atoms with Crippen LogP contribution < -0.4 is 5.32 Å². The van der Waals surface area contributed by atoms with Gasteiger partial charge in [0.15, 0.2) is 0 Å². The van der Waals surface area contributed by atoms with Crippen molar-refractivity contribution in [3.63, 3.8) is 0 Å². The summed E-state index contributed by atoms with van der Waals surface area (Å²) in [6.07, 6.45) is 1.34. The number of benzene rings is 1. The topological polar surface area (TPSA) is 54.9 Å². The SMILES string of the molecule is CC(C)Cc1nnc(NC(=O)C[C@H](C)c2ccccc2)s1. The quantitative estimate of drug-likeness (QED) is 0.881. The lowest BCUT2D eigenvalue weighted by Crippen LogP contribution is -2.14. The molecule has 0 fully saturated rings. The molecule has 5 heteroatoms. The van der Waals surface area contributed by atoms with Crippen LogP contribution in [-0.2, 0) is 11.2 Å². The van der Waals surface area contributed by atoms with Gasteiger partial charge in [-0.25, -0.2) is 0 Å². The van der Waals surface area contributed by atoms with E-state index < -0.39 is 0 Å². The molecule has 0 spiro atoms. The third kappa shape index (κ3) is 4.93. The molecule has 2 rings (SSSR count). The maximum absolute atomic E-state index is 12.1. The molecule has 0 saturated carbocycles. The van der Waals surface area contributed by atoms with E-state index in [9.17, 15) is 4.79 Å². The number of carbonyl (C=O) groups is 1. The third-order valence-electron chi connectivity index (χ3n) is 3.16. The highest BCUT2D eigenvalue weighted by molar-refractivity contribution is 7.15. The van der Waals surface area contributed by atoms with Gasteiger partial charge in [-0.2, -0.15) is 0 Å². The van der Waals surface area contributed by atoms with Crippen LogP contribution in [-0.4, -0.2) is 16.1 Å². The number of rotatable bonds is 6. The van der Waals surface area contributed by atoms with Crippen molar-refractivity contribution in [1.29, 1.82) is 0 Å². The van der Waals surface area contributed by atoms with Gasteiger partial charge in [0, 0.05) is 12.8 Å². The average Bonchev–Trinajstić information content (AvgIpc) is 2.85. The fourth-order valence-corrected chi connectivity index (χ4v) is 3.05. The second-order valence-electron chi connectivity index (χ2n) is 5.66. The summed E-state index contributed by atoms with van der Waals surface area (Å²) in [7, 11) is 0. The molecule has 0 unspecified atom stereocenters. The molecule has 1 aromatic carbocycles. The van der Waals surface area contributed by atoms with Crippen LogP contribution in [0.1, 0.15) is 43.7 Å². The number of hydrogen-bond acceptors (Lipinski definition) is 4. The lowest BCUT2D eigenvalue weighted by molar-refractivity contribution is -0.116. The standard InChI is InChI=1S/C16H21N3OS/c1-11(2)9-15-18-19-16(21-15)17-14(20)10-12(3)13-7-5-4-6-8-13/h4-8,11-12H,9-10H2,1-3H3,(H,17,19,20)/t12-/m0/s1. The van der Waals surface area contributed by atoms with Crippen LogP contribution in [0.15, 0.2) is 30.3 Å². The minimum absolute atomic E-state index is 0.0152. The molecule has 112 valence electrons. The first kappa shape index (κ1) is 15.6. The molecular weight excluding hydrogens is 282 g/mol. The van der Waals surface area contributed by atoms with Crippen LogP contribution in [0.2, 0.25) is 0 Å². The smallest absolute Gasteiger partial charge is 0.226 e. The van der Waals surface area contributed by atoms with Crippen molar-refractivity contribution >= 4 is 22.4 Å². The van der Waals surface area contributed by atoms with E-state index in [0.29, 0.717) is 17.5 Å². The second-order valence-corrected chi connectivity index (χ2v) is 6.73. The van der Waals surface area contributed by atoms with E-state index >= 15 is 0 Å². The Morgan fingerprint density at radius 1 is 1.19 bits per heavy atom. The monoisotopic (exact) mass is 303 g/mol. The summed E-state index contributed by atoms with van der Waals surface area (Å²) in [6, 6.07) is 10.1. The Hall–Kier alpha value is -1.75. The second kappa shape index (κ2) is 7.31. The van der Waals surface area contributed by atoms with E-state index in [0.717, 1.165) is 11.4 Å². The van der Waals surface area contributed by atoms with E-state index in [1.54, 1.807) is 0 Å². The highest BCUT2D eigenvalue weighted by Crippen LogP contribution is 2.21. The molecule has 0 radical (unpaired) electrons. The van der Waals surface area contributed by atoms with Crippen LogP contribution in [0, 0.1) is 5.92 Å². The average molecular weight is 303 g/mol. The summed E-state index contributed by atoms with van der Waals surface area (Å²) < 4.78 is 0. The maximum Gasteiger partial charge on any atom is 0.226 e. The van der Waals surface area contributed by atoms with Crippen molar-refractivity contribution in [3.8, 4) is 0 Å². The first-order valence-corrected chi connectivity index (χ1v) is 8.03.